The zero-order chi connectivity index (χ0) is 15.2. The van der Waals surface area contributed by atoms with Gasteiger partial charge in [0.2, 0.25) is 0 Å². The number of rotatable bonds is 6. The van der Waals surface area contributed by atoms with E-state index in [1.165, 1.54) is 0 Å². The minimum Gasteiger partial charge on any atom is -0.489 e. The molecule has 0 aliphatic carbocycles. The molecule has 0 unspecified atom stereocenters. The van der Waals surface area contributed by atoms with E-state index in [1.54, 1.807) is 0 Å². The van der Waals surface area contributed by atoms with Gasteiger partial charge in [0.15, 0.2) is 0 Å². The lowest BCUT2D eigenvalue weighted by atomic mass is 10.1. The normalized spacial score (nSPS) is 10.4. The molecule has 2 aromatic rings. The van der Waals surface area contributed by atoms with Crippen LogP contribution in [0.15, 0.2) is 46.9 Å². The lowest BCUT2D eigenvalue weighted by Gasteiger charge is -2.09. The van der Waals surface area contributed by atoms with Crippen molar-refractivity contribution in [3.05, 3.63) is 63.1 Å². The zero-order valence-corrected chi connectivity index (χ0v) is 13.5. The van der Waals surface area contributed by atoms with Gasteiger partial charge in [0.25, 0.3) is 0 Å². The maximum atomic E-state index is 10.6. The maximum Gasteiger partial charge on any atom is 0.303 e. The van der Waals surface area contributed by atoms with E-state index in [0.29, 0.717) is 18.1 Å². The molecule has 0 saturated carbocycles. The fourth-order valence-electron chi connectivity index (χ4n) is 1.81. The Kier molecular flexibility index (Phi) is 5.65. The van der Waals surface area contributed by atoms with Crippen molar-refractivity contribution in [2.75, 3.05) is 0 Å². The topological polar surface area (TPSA) is 46.5 Å². The number of carboxylic acids is 1. The van der Waals surface area contributed by atoms with Crippen LogP contribution in [0.4, 0.5) is 0 Å². The Bertz CT molecular complexity index is 626. The number of aryl methyl sites for hydroxylation is 1. The van der Waals surface area contributed by atoms with Crippen LogP contribution in [0.2, 0.25) is 5.02 Å². The summed E-state index contributed by atoms with van der Waals surface area (Å²) in [4.78, 5) is 10.6. The third-order valence-corrected chi connectivity index (χ3v) is 3.94. The average Bonchev–Trinajstić information content (AvgIpc) is 2.45. The maximum absolute atomic E-state index is 10.6. The van der Waals surface area contributed by atoms with Gasteiger partial charge in [-0.2, -0.15) is 0 Å². The van der Waals surface area contributed by atoms with Crippen molar-refractivity contribution < 1.29 is 14.6 Å². The van der Waals surface area contributed by atoms with Crippen LogP contribution < -0.4 is 4.74 Å². The summed E-state index contributed by atoms with van der Waals surface area (Å²) in [5.41, 5.74) is 1.99. The molecule has 21 heavy (non-hydrogen) atoms. The van der Waals surface area contributed by atoms with Crippen molar-refractivity contribution in [1.29, 1.82) is 0 Å². The standard InChI is InChI=1S/C16H14BrClO3/c17-15-9-14(7-3-12(15)4-8-16(19)20)21-10-11-1-5-13(18)6-2-11/h1-3,5-7,9H,4,8,10H2,(H,19,20). The molecule has 0 fully saturated rings. The Labute approximate surface area is 136 Å². The van der Waals surface area contributed by atoms with Crippen molar-refractivity contribution >= 4 is 33.5 Å². The molecule has 2 rings (SSSR count). The largest absolute Gasteiger partial charge is 0.489 e. The number of halogens is 2. The summed E-state index contributed by atoms with van der Waals surface area (Å²) in [6, 6.07) is 13.1. The van der Waals surface area contributed by atoms with Crippen LogP contribution in [0, 0.1) is 0 Å². The average molecular weight is 370 g/mol. The molecule has 0 aliphatic heterocycles. The molecular formula is C16H14BrClO3. The molecule has 0 heterocycles. The van der Waals surface area contributed by atoms with E-state index in [2.05, 4.69) is 15.9 Å². The highest BCUT2D eigenvalue weighted by Gasteiger charge is 2.05. The summed E-state index contributed by atoms with van der Waals surface area (Å²) in [6.45, 7) is 0.456. The number of hydrogen-bond acceptors (Lipinski definition) is 2. The lowest BCUT2D eigenvalue weighted by Crippen LogP contribution is -1.99. The van der Waals surface area contributed by atoms with Crippen LogP contribution in [0.1, 0.15) is 17.5 Å². The first-order chi connectivity index (χ1) is 10.0. The number of aliphatic carboxylic acids is 1. The zero-order valence-electron chi connectivity index (χ0n) is 11.2. The first-order valence-corrected chi connectivity index (χ1v) is 7.59. The van der Waals surface area contributed by atoms with E-state index in [-0.39, 0.29) is 6.42 Å². The highest BCUT2D eigenvalue weighted by Crippen LogP contribution is 2.25. The van der Waals surface area contributed by atoms with Crippen LogP contribution in [0.25, 0.3) is 0 Å². The summed E-state index contributed by atoms with van der Waals surface area (Å²) in [5, 5.41) is 9.40. The minimum atomic E-state index is -0.801. The predicted octanol–water partition coefficient (Wildman–Crippen LogP) is 4.70. The number of benzene rings is 2. The van der Waals surface area contributed by atoms with Gasteiger partial charge in [0.05, 0.1) is 0 Å². The number of carbonyl (C=O) groups is 1. The van der Waals surface area contributed by atoms with Crippen LogP contribution in [-0.4, -0.2) is 11.1 Å². The van der Waals surface area contributed by atoms with Crippen molar-refractivity contribution in [2.45, 2.75) is 19.4 Å². The van der Waals surface area contributed by atoms with Crippen molar-refractivity contribution in [3.8, 4) is 5.75 Å². The third kappa shape index (κ3) is 5.06. The van der Waals surface area contributed by atoms with Crippen LogP contribution in [0.5, 0.6) is 5.75 Å². The van der Waals surface area contributed by atoms with E-state index in [4.69, 9.17) is 21.4 Å². The smallest absolute Gasteiger partial charge is 0.303 e. The predicted molar refractivity (Wildman–Crippen MR) is 85.9 cm³/mol. The van der Waals surface area contributed by atoms with E-state index >= 15 is 0 Å². The number of carboxylic acid groups (broad SMARTS) is 1. The van der Waals surface area contributed by atoms with Crippen molar-refractivity contribution in [2.24, 2.45) is 0 Å². The number of hydrogen-bond donors (Lipinski definition) is 1. The van der Waals surface area contributed by atoms with Gasteiger partial charge in [-0.05, 0) is 41.8 Å². The highest BCUT2D eigenvalue weighted by molar-refractivity contribution is 9.10. The molecular weight excluding hydrogens is 356 g/mol. The second-order valence-corrected chi connectivity index (χ2v) is 5.85. The monoisotopic (exact) mass is 368 g/mol. The first kappa shape index (κ1) is 15.9. The molecule has 0 radical (unpaired) electrons. The van der Waals surface area contributed by atoms with Gasteiger partial charge < -0.3 is 9.84 Å². The SMILES string of the molecule is O=C(O)CCc1ccc(OCc2ccc(Cl)cc2)cc1Br. The Morgan fingerprint density at radius 1 is 1.19 bits per heavy atom. The molecule has 0 aromatic heterocycles. The Hall–Kier alpha value is -1.52. The van der Waals surface area contributed by atoms with Crippen molar-refractivity contribution in [3.63, 3.8) is 0 Å². The molecule has 0 atom stereocenters. The second kappa shape index (κ2) is 7.48. The molecule has 3 nitrogen and oxygen atoms in total. The van der Waals surface area contributed by atoms with Gasteiger partial charge in [-0.3, -0.25) is 4.79 Å². The van der Waals surface area contributed by atoms with Gasteiger partial charge in [0, 0.05) is 15.9 Å². The van der Waals surface area contributed by atoms with Gasteiger partial charge in [-0.15, -0.1) is 0 Å². The van der Waals surface area contributed by atoms with E-state index in [1.807, 2.05) is 42.5 Å². The Balaban J connectivity index is 1.96. The molecule has 0 aliphatic rings. The molecule has 0 amide bonds. The van der Waals surface area contributed by atoms with E-state index < -0.39 is 5.97 Å². The molecule has 110 valence electrons. The van der Waals surface area contributed by atoms with Crippen LogP contribution in [0.3, 0.4) is 0 Å². The van der Waals surface area contributed by atoms with Gasteiger partial charge in [-0.1, -0.05) is 45.7 Å². The van der Waals surface area contributed by atoms with Crippen molar-refractivity contribution in [1.82, 2.24) is 0 Å². The lowest BCUT2D eigenvalue weighted by molar-refractivity contribution is -0.136. The molecule has 5 heteroatoms. The van der Waals surface area contributed by atoms with Gasteiger partial charge in [0.1, 0.15) is 12.4 Å². The van der Waals surface area contributed by atoms with Crippen LogP contribution >= 0.6 is 27.5 Å². The highest BCUT2D eigenvalue weighted by atomic mass is 79.9. The first-order valence-electron chi connectivity index (χ1n) is 6.42. The third-order valence-electron chi connectivity index (χ3n) is 2.95. The minimum absolute atomic E-state index is 0.115. The summed E-state index contributed by atoms with van der Waals surface area (Å²) in [5.74, 6) is -0.0686. The fourth-order valence-corrected chi connectivity index (χ4v) is 2.49. The number of ether oxygens (including phenoxy) is 1. The van der Waals surface area contributed by atoms with Gasteiger partial charge >= 0.3 is 5.97 Å². The molecule has 0 spiro atoms. The Morgan fingerprint density at radius 3 is 2.52 bits per heavy atom. The fraction of sp³-hybridized carbons (Fsp3) is 0.188. The summed E-state index contributed by atoms with van der Waals surface area (Å²) in [6.07, 6.45) is 0.608. The molecule has 0 saturated heterocycles. The van der Waals surface area contributed by atoms with Gasteiger partial charge in [-0.25, -0.2) is 0 Å². The Morgan fingerprint density at radius 2 is 1.90 bits per heavy atom. The second-order valence-electron chi connectivity index (χ2n) is 4.56. The molecule has 2 aromatic carbocycles. The summed E-state index contributed by atoms with van der Waals surface area (Å²) >= 11 is 9.27. The summed E-state index contributed by atoms with van der Waals surface area (Å²) in [7, 11) is 0. The quantitative estimate of drug-likeness (QED) is 0.803. The van der Waals surface area contributed by atoms with Crippen LogP contribution in [-0.2, 0) is 17.8 Å². The molecule has 1 N–H and O–H groups in total. The summed E-state index contributed by atoms with van der Waals surface area (Å²) < 4.78 is 6.56. The molecule has 0 bridgehead atoms. The van der Waals surface area contributed by atoms with E-state index in [9.17, 15) is 4.79 Å². The van der Waals surface area contributed by atoms with E-state index in [0.717, 1.165) is 21.3 Å².